The van der Waals surface area contributed by atoms with Gasteiger partial charge in [0.25, 0.3) is 0 Å². The molecule has 2 N–H and O–H groups in total. The van der Waals surface area contributed by atoms with E-state index in [4.69, 9.17) is 19.3 Å². The van der Waals surface area contributed by atoms with Crippen LogP contribution in [0.2, 0.25) is 0 Å². The first-order chi connectivity index (χ1) is 7.60. The molecule has 0 saturated heterocycles. The average Bonchev–Trinajstić information content (AvgIpc) is 1.95. The average molecular weight is 249 g/mol. The van der Waals surface area contributed by atoms with Crippen LogP contribution in [0.3, 0.4) is 0 Å². The van der Waals surface area contributed by atoms with Crippen LogP contribution in [0.5, 0.6) is 0 Å². The van der Waals surface area contributed by atoms with Crippen molar-refractivity contribution < 1.29 is 24.1 Å². The van der Waals surface area contributed by atoms with Crippen molar-refractivity contribution in [3.05, 3.63) is 0 Å². The number of rotatable bonds is 5. The van der Waals surface area contributed by atoms with Crippen molar-refractivity contribution in [2.45, 2.75) is 66.0 Å². The van der Waals surface area contributed by atoms with Crippen molar-refractivity contribution in [3.63, 3.8) is 0 Å². The molecule has 0 aromatic rings. The lowest BCUT2D eigenvalue weighted by molar-refractivity contribution is -0.229. The zero-order valence-electron chi connectivity index (χ0n) is 11.3. The van der Waals surface area contributed by atoms with Gasteiger partial charge in [0.15, 0.2) is 12.6 Å². The SMILES string of the molecule is CC(O)OC(C)OC(C)NC(=O)OC(C)(C)C. The van der Waals surface area contributed by atoms with Gasteiger partial charge in [0, 0.05) is 0 Å². The summed E-state index contributed by atoms with van der Waals surface area (Å²) in [5.41, 5.74) is -0.550. The molecule has 6 heteroatoms. The van der Waals surface area contributed by atoms with Gasteiger partial charge in [0.05, 0.1) is 0 Å². The van der Waals surface area contributed by atoms with E-state index in [1.807, 2.05) is 0 Å². The molecular weight excluding hydrogens is 226 g/mol. The number of carbonyl (C=O) groups is 1. The van der Waals surface area contributed by atoms with E-state index in [1.165, 1.54) is 6.92 Å². The molecule has 3 atom stereocenters. The minimum Gasteiger partial charge on any atom is -0.444 e. The molecular formula is C11H23NO5. The Balaban J connectivity index is 3.93. The first-order valence-electron chi connectivity index (χ1n) is 5.58. The van der Waals surface area contributed by atoms with Crippen molar-refractivity contribution in [2.75, 3.05) is 0 Å². The monoisotopic (exact) mass is 249 g/mol. The second kappa shape index (κ2) is 6.78. The van der Waals surface area contributed by atoms with Crippen LogP contribution in [0.25, 0.3) is 0 Å². The summed E-state index contributed by atoms with van der Waals surface area (Å²) < 4.78 is 15.2. The molecule has 0 rings (SSSR count). The zero-order valence-corrected chi connectivity index (χ0v) is 11.3. The Kier molecular flexibility index (Phi) is 6.44. The van der Waals surface area contributed by atoms with Gasteiger partial charge in [-0.2, -0.15) is 0 Å². The minimum absolute atomic E-state index is 0.550. The standard InChI is InChI=1S/C11H23NO5/c1-7(15-9(3)16-8(2)13)12-10(14)17-11(4,5)6/h7-9,13H,1-6H3,(H,12,14). The van der Waals surface area contributed by atoms with Gasteiger partial charge in [0.2, 0.25) is 0 Å². The van der Waals surface area contributed by atoms with Gasteiger partial charge in [-0.15, -0.1) is 0 Å². The quantitative estimate of drug-likeness (QED) is 0.723. The summed E-state index contributed by atoms with van der Waals surface area (Å²) in [6, 6.07) is 0. The van der Waals surface area contributed by atoms with Gasteiger partial charge >= 0.3 is 6.09 Å². The number of aliphatic hydroxyl groups is 1. The highest BCUT2D eigenvalue weighted by molar-refractivity contribution is 5.67. The van der Waals surface area contributed by atoms with E-state index in [0.29, 0.717) is 0 Å². The maximum absolute atomic E-state index is 11.4. The molecule has 3 unspecified atom stereocenters. The van der Waals surface area contributed by atoms with Crippen molar-refractivity contribution >= 4 is 6.09 Å². The van der Waals surface area contributed by atoms with Crippen LogP contribution in [-0.2, 0) is 14.2 Å². The van der Waals surface area contributed by atoms with Crippen molar-refractivity contribution in [2.24, 2.45) is 0 Å². The maximum atomic E-state index is 11.4. The Morgan fingerprint density at radius 3 is 2.12 bits per heavy atom. The van der Waals surface area contributed by atoms with Crippen molar-refractivity contribution in [1.29, 1.82) is 0 Å². The first-order valence-corrected chi connectivity index (χ1v) is 5.58. The lowest BCUT2D eigenvalue weighted by Gasteiger charge is -2.24. The summed E-state index contributed by atoms with van der Waals surface area (Å²) in [5.74, 6) is 0. The Hall–Kier alpha value is -0.850. The highest BCUT2D eigenvalue weighted by atomic mass is 16.7. The Morgan fingerprint density at radius 1 is 1.18 bits per heavy atom. The van der Waals surface area contributed by atoms with E-state index in [0.717, 1.165) is 0 Å². The number of alkyl carbamates (subject to hydrolysis) is 1. The topological polar surface area (TPSA) is 77.0 Å². The van der Waals surface area contributed by atoms with Crippen LogP contribution in [-0.4, -0.2) is 35.6 Å². The van der Waals surface area contributed by atoms with Gasteiger partial charge in [0.1, 0.15) is 11.8 Å². The van der Waals surface area contributed by atoms with Crippen molar-refractivity contribution in [3.8, 4) is 0 Å². The van der Waals surface area contributed by atoms with Gasteiger partial charge in [-0.1, -0.05) is 0 Å². The minimum atomic E-state index is -0.918. The summed E-state index contributed by atoms with van der Waals surface area (Å²) in [5, 5.41) is 11.5. The molecule has 0 fully saturated rings. The summed E-state index contributed by atoms with van der Waals surface area (Å²) in [6.07, 6.45) is -2.67. The summed E-state index contributed by atoms with van der Waals surface area (Å²) in [4.78, 5) is 11.4. The summed E-state index contributed by atoms with van der Waals surface area (Å²) >= 11 is 0. The van der Waals surface area contributed by atoms with E-state index in [2.05, 4.69) is 5.32 Å². The number of hydrogen-bond donors (Lipinski definition) is 2. The predicted octanol–water partition coefficient (Wildman–Crippen LogP) is 1.57. The number of aliphatic hydroxyl groups excluding tert-OH is 1. The third-order valence-electron chi connectivity index (χ3n) is 1.50. The van der Waals surface area contributed by atoms with Crippen LogP contribution in [0.4, 0.5) is 4.79 Å². The number of amides is 1. The highest BCUT2D eigenvalue weighted by Crippen LogP contribution is 2.07. The molecule has 0 spiro atoms. The van der Waals surface area contributed by atoms with Gasteiger partial charge in [-0.3, -0.25) is 5.32 Å². The fourth-order valence-corrected chi connectivity index (χ4v) is 1.10. The zero-order chi connectivity index (χ0) is 13.6. The van der Waals surface area contributed by atoms with Crippen LogP contribution >= 0.6 is 0 Å². The number of carbonyl (C=O) groups excluding carboxylic acids is 1. The van der Waals surface area contributed by atoms with Crippen LogP contribution in [0.1, 0.15) is 41.5 Å². The van der Waals surface area contributed by atoms with Crippen LogP contribution in [0.15, 0.2) is 0 Å². The number of ether oxygens (including phenoxy) is 3. The van der Waals surface area contributed by atoms with Gasteiger partial charge in [-0.05, 0) is 41.5 Å². The second-order valence-electron chi connectivity index (χ2n) is 4.73. The van der Waals surface area contributed by atoms with E-state index in [1.54, 1.807) is 34.6 Å². The molecule has 0 aliphatic heterocycles. The molecule has 0 aromatic heterocycles. The first kappa shape index (κ1) is 16.1. The molecule has 0 saturated carbocycles. The molecule has 102 valence electrons. The van der Waals surface area contributed by atoms with E-state index >= 15 is 0 Å². The maximum Gasteiger partial charge on any atom is 0.409 e. The van der Waals surface area contributed by atoms with E-state index in [-0.39, 0.29) is 0 Å². The summed E-state index contributed by atoms with van der Waals surface area (Å²) in [7, 11) is 0. The smallest absolute Gasteiger partial charge is 0.409 e. The van der Waals surface area contributed by atoms with Crippen LogP contribution < -0.4 is 5.32 Å². The number of nitrogens with one attached hydrogen (secondary N) is 1. The molecule has 17 heavy (non-hydrogen) atoms. The third kappa shape index (κ3) is 10.0. The lowest BCUT2D eigenvalue weighted by Crippen LogP contribution is -2.41. The Bertz CT molecular complexity index is 237. The molecule has 0 aromatic carbocycles. The van der Waals surface area contributed by atoms with Gasteiger partial charge < -0.3 is 19.3 Å². The largest absolute Gasteiger partial charge is 0.444 e. The van der Waals surface area contributed by atoms with Crippen molar-refractivity contribution in [1.82, 2.24) is 5.32 Å². The molecule has 0 heterocycles. The Morgan fingerprint density at radius 2 is 1.71 bits per heavy atom. The Labute approximate surface area is 102 Å². The highest BCUT2D eigenvalue weighted by Gasteiger charge is 2.19. The fourth-order valence-electron chi connectivity index (χ4n) is 1.10. The predicted molar refractivity (Wildman–Crippen MR) is 62.1 cm³/mol. The second-order valence-corrected chi connectivity index (χ2v) is 4.73. The molecule has 1 amide bonds. The molecule has 0 aliphatic carbocycles. The van der Waals surface area contributed by atoms with Gasteiger partial charge in [-0.25, -0.2) is 4.79 Å². The summed E-state index contributed by atoms with van der Waals surface area (Å²) in [6.45, 7) is 10.1. The molecule has 0 radical (unpaired) electrons. The number of hydrogen-bond acceptors (Lipinski definition) is 5. The molecule has 0 aliphatic rings. The fraction of sp³-hybridized carbons (Fsp3) is 0.909. The molecule has 0 bridgehead atoms. The molecule has 6 nitrogen and oxygen atoms in total. The third-order valence-corrected chi connectivity index (χ3v) is 1.50. The lowest BCUT2D eigenvalue weighted by atomic mass is 10.2. The van der Waals surface area contributed by atoms with E-state index < -0.39 is 30.5 Å². The normalized spacial score (nSPS) is 17.1. The van der Waals surface area contributed by atoms with Crippen LogP contribution in [0, 0.1) is 0 Å². The van der Waals surface area contributed by atoms with E-state index in [9.17, 15) is 4.79 Å².